The van der Waals surface area contributed by atoms with Gasteiger partial charge in [0.1, 0.15) is 11.5 Å². The molecule has 0 radical (unpaired) electrons. The van der Waals surface area contributed by atoms with Crippen molar-refractivity contribution in [2.24, 2.45) is 0 Å². The number of para-hydroxylation sites is 2. The minimum absolute atomic E-state index is 0.153. The molecule has 194 valence electrons. The molecule has 0 saturated carbocycles. The van der Waals surface area contributed by atoms with Crippen LogP contribution in [-0.2, 0) is 16.0 Å². The Hall–Kier alpha value is -4.62. The van der Waals surface area contributed by atoms with E-state index in [0.717, 1.165) is 38.6 Å². The number of aromatic nitrogens is 1. The fourth-order valence-electron chi connectivity index (χ4n) is 5.07. The van der Waals surface area contributed by atoms with Crippen LogP contribution in [0.25, 0.3) is 33.6 Å². The molecule has 1 fully saturated rings. The van der Waals surface area contributed by atoms with E-state index >= 15 is 0 Å². The van der Waals surface area contributed by atoms with Crippen molar-refractivity contribution in [3.63, 3.8) is 0 Å². The largest absolute Gasteiger partial charge is 0.497 e. The van der Waals surface area contributed by atoms with Crippen LogP contribution in [0.1, 0.15) is 11.1 Å². The SMILES string of the molecule is COc1ccc(CCN2C(=O)/C(=C\c3ccc4c(c3)c3ccccc3n4-c3ccccc3)OC2=S)c(OC)c1. The van der Waals surface area contributed by atoms with Gasteiger partial charge in [0.2, 0.25) is 0 Å². The number of amides is 1. The smallest absolute Gasteiger partial charge is 0.297 e. The zero-order valence-corrected chi connectivity index (χ0v) is 22.4. The molecule has 0 atom stereocenters. The molecule has 0 bridgehead atoms. The van der Waals surface area contributed by atoms with E-state index in [0.29, 0.717) is 24.5 Å². The number of benzene rings is 4. The van der Waals surface area contributed by atoms with E-state index < -0.39 is 0 Å². The quantitative estimate of drug-likeness (QED) is 0.176. The topological polar surface area (TPSA) is 52.9 Å². The molecule has 0 N–H and O–H groups in total. The highest BCUT2D eigenvalue weighted by Crippen LogP contribution is 2.33. The predicted molar refractivity (Wildman–Crippen MR) is 157 cm³/mol. The van der Waals surface area contributed by atoms with E-state index in [9.17, 15) is 4.79 Å². The van der Waals surface area contributed by atoms with Crippen molar-refractivity contribution in [1.29, 1.82) is 0 Å². The van der Waals surface area contributed by atoms with Gasteiger partial charge in [0.25, 0.3) is 11.1 Å². The number of carbonyl (C=O) groups excluding carboxylic acids is 1. The van der Waals surface area contributed by atoms with Crippen LogP contribution in [0.15, 0.2) is 96.8 Å². The summed E-state index contributed by atoms with van der Waals surface area (Å²) in [6.07, 6.45) is 2.32. The summed E-state index contributed by atoms with van der Waals surface area (Å²) in [6, 6.07) is 30.4. The first-order valence-electron chi connectivity index (χ1n) is 12.6. The molecule has 1 aliphatic rings. The second-order valence-corrected chi connectivity index (χ2v) is 9.58. The van der Waals surface area contributed by atoms with Gasteiger partial charge >= 0.3 is 0 Å². The summed E-state index contributed by atoms with van der Waals surface area (Å²) in [5.41, 5.74) is 5.13. The van der Waals surface area contributed by atoms with Crippen molar-refractivity contribution >= 4 is 51.2 Å². The number of hydrogen-bond acceptors (Lipinski definition) is 5. The molecular formula is C32H26N2O4S. The van der Waals surface area contributed by atoms with Crippen LogP contribution in [0.4, 0.5) is 0 Å². The van der Waals surface area contributed by atoms with Gasteiger partial charge in [-0.2, -0.15) is 0 Å². The molecule has 5 aromatic rings. The number of rotatable bonds is 7. The minimum Gasteiger partial charge on any atom is -0.497 e. The molecule has 4 aromatic carbocycles. The lowest BCUT2D eigenvalue weighted by molar-refractivity contribution is -0.122. The second kappa shape index (κ2) is 10.3. The van der Waals surface area contributed by atoms with Crippen LogP contribution >= 0.6 is 12.2 Å². The molecule has 0 unspecified atom stereocenters. The van der Waals surface area contributed by atoms with Crippen molar-refractivity contribution in [2.75, 3.05) is 20.8 Å². The molecule has 6 rings (SSSR count). The van der Waals surface area contributed by atoms with E-state index in [4.69, 9.17) is 26.4 Å². The molecule has 0 aliphatic carbocycles. The van der Waals surface area contributed by atoms with Gasteiger partial charge in [-0.15, -0.1) is 0 Å². The summed E-state index contributed by atoms with van der Waals surface area (Å²) in [6.45, 7) is 0.376. The first kappa shape index (κ1) is 24.7. The minimum atomic E-state index is -0.251. The van der Waals surface area contributed by atoms with Crippen LogP contribution in [0.5, 0.6) is 11.5 Å². The van der Waals surface area contributed by atoms with Gasteiger partial charge in [-0.1, -0.05) is 48.5 Å². The van der Waals surface area contributed by atoms with E-state index in [-0.39, 0.29) is 16.8 Å². The van der Waals surface area contributed by atoms with Gasteiger partial charge in [0.15, 0.2) is 5.76 Å². The normalized spacial score (nSPS) is 14.4. The maximum Gasteiger partial charge on any atom is 0.297 e. The summed E-state index contributed by atoms with van der Waals surface area (Å²) in [4.78, 5) is 14.7. The Morgan fingerprint density at radius 3 is 2.41 bits per heavy atom. The molecule has 7 heteroatoms. The summed E-state index contributed by atoms with van der Waals surface area (Å²) < 4.78 is 18.8. The van der Waals surface area contributed by atoms with Gasteiger partial charge in [-0.3, -0.25) is 9.69 Å². The Morgan fingerprint density at radius 2 is 1.62 bits per heavy atom. The lowest BCUT2D eigenvalue weighted by Crippen LogP contribution is -2.30. The van der Waals surface area contributed by atoms with E-state index in [1.807, 2.05) is 54.6 Å². The third-order valence-corrected chi connectivity index (χ3v) is 7.29. The van der Waals surface area contributed by atoms with Crippen molar-refractivity contribution < 1.29 is 19.0 Å². The number of fused-ring (bicyclic) bond motifs is 3. The third-order valence-electron chi connectivity index (χ3n) is 6.98. The first-order chi connectivity index (χ1) is 19.1. The van der Waals surface area contributed by atoms with Crippen LogP contribution in [0.3, 0.4) is 0 Å². The van der Waals surface area contributed by atoms with Gasteiger partial charge < -0.3 is 18.8 Å². The average Bonchev–Trinajstić information content (AvgIpc) is 3.44. The van der Waals surface area contributed by atoms with Crippen LogP contribution < -0.4 is 9.47 Å². The number of carbonyl (C=O) groups is 1. The van der Waals surface area contributed by atoms with E-state index in [2.05, 4.69) is 41.0 Å². The molecule has 39 heavy (non-hydrogen) atoms. The second-order valence-electron chi connectivity index (χ2n) is 9.23. The standard InChI is InChI=1S/C32H26N2O4S/c1-36-24-14-13-22(29(20-24)37-2)16-17-33-31(35)30(38-32(33)39)19-21-12-15-28-26(18-21)25-10-6-7-11-27(25)34(28)23-8-4-3-5-9-23/h3-15,18-20H,16-17H2,1-2H3/b30-19+. The van der Waals surface area contributed by atoms with Crippen LogP contribution in [-0.4, -0.2) is 41.3 Å². The lowest BCUT2D eigenvalue weighted by atomic mass is 10.1. The van der Waals surface area contributed by atoms with Gasteiger partial charge in [-0.05, 0) is 72.2 Å². The van der Waals surface area contributed by atoms with Crippen LogP contribution in [0.2, 0.25) is 0 Å². The third kappa shape index (κ3) is 4.51. The number of nitrogens with zero attached hydrogens (tertiary/aromatic N) is 2. The highest BCUT2D eigenvalue weighted by Gasteiger charge is 2.33. The van der Waals surface area contributed by atoms with Crippen LogP contribution in [0, 0.1) is 0 Å². The molecule has 2 heterocycles. The van der Waals surface area contributed by atoms with Crippen molar-refractivity contribution in [3.05, 3.63) is 108 Å². The van der Waals surface area contributed by atoms with Crippen molar-refractivity contribution in [2.45, 2.75) is 6.42 Å². The Balaban J connectivity index is 1.29. The summed E-state index contributed by atoms with van der Waals surface area (Å²) in [7, 11) is 3.22. The molecule has 1 amide bonds. The van der Waals surface area contributed by atoms with Crippen molar-refractivity contribution in [3.8, 4) is 17.2 Å². The average molecular weight is 535 g/mol. The summed E-state index contributed by atoms with van der Waals surface area (Å²) >= 11 is 5.41. The number of ether oxygens (including phenoxy) is 3. The van der Waals surface area contributed by atoms with Gasteiger partial charge in [-0.25, -0.2) is 0 Å². The summed E-state index contributed by atoms with van der Waals surface area (Å²) in [5, 5.41) is 2.39. The highest BCUT2D eigenvalue weighted by atomic mass is 32.1. The fraction of sp³-hybridized carbons (Fsp3) is 0.125. The molecule has 1 aromatic heterocycles. The molecule has 1 aliphatic heterocycles. The predicted octanol–water partition coefficient (Wildman–Crippen LogP) is 6.53. The number of hydrogen-bond donors (Lipinski definition) is 0. The van der Waals surface area contributed by atoms with E-state index in [1.54, 1.807) is 20.3 Å². The maximum atomic E-state index is 13.3. The Labute approximate surface area is 231 Å². The Bertz CT molecular complexity index is 1760. The number of methoxy groups -OCH3 is 2. The molecule has 6 nitrogen and oxygen atoms in total. The first-order valence-corrected chi connectivity index (χ1v) is 13.0. The van der Waals surface area contributed by atoms with E-state index in [1.165, 1.54) is 4.90 Å². The van der Waals surface area contributed by atoms with Gasteiger partial charge in [0, 0.05) is 29.1 Å². The Kier molecular flexibility index (Phi) is 6.50. The molecule has 0 spiro atoms. The fourth-order valence-corrected chi connectivity index (χ4v) is 5.33. The van der Waals surface area contributed by atoms with Gasteiger partial charge in [0.05, 0.1) is 25.3 Å². The monoisotopic (exact) mass is 534 g/mol. The zero-order chi connectivity index (χ0) is 26.9. The van der Waals surface area contributed by atoms with Crippen molar-refractivity contribution in [1.82, 2.24) is 9.47 Å². The Morgan fingerprint density at radius 1 is 0.846 bits per heavy atom. The maximum absolute atomic E-state index is 13.3. The summed E-state index contributed by atoms with van der Waals surface area (Å²) in [5.74, 6) is 1.37. The lowest BCUT2D eigenvalue weighted by Gasteiger charge is -2.14. The zero-order valence-electron chi connectivity index (χ0n) is 21.6. The molecular weight excluding hydrogens is 508 g/mol. The number of thiocarbonyl (C=S) groups is 1. The molecule has 1 saturated heterocycles. The highest BCUT2D eigenvalue weighted by molar-refractivity contribution is 7.80.